The highest BCUT2D eigenvalue weighted by atomic mass is 19.1. The van der Waals surface area contributed by atoms with Crippen LogP contribution in [0.1, 0.15) is 39.6 Å². The number of nitrogens with one attached hydrogen (secondary N) is 1. The van der Waals surface area contributed by atoms with Crippen molar-refractivity contribution in [3.8, 4) is 11.5 Å². The predicted molar refractivity (Wildman–Crippen MR) is 115 cm³/mol. The molecule has 31 heavy (non-hydrogen) atoms. The fourth-order valence-corrected chi connectivity index (χ4v) is 2.56. The van der Waals surface area contributed by atoms with Crippen molar-refractivity contribution in [3.05, 3.63) is 95.3 Å². The average Bonchev–Trinajstić information content (AvgIpc) is 2.79. The maximum atomic E-state index is 13.6. The van der Waals surface area contributed by atoms with Gasteiger partial charge >= 0.3 is 5.97 Å². The average molecular weight is 420 g/mol. The fraction of sp³-hybridized carbons (Fsp3) is 0.125. The minimum absolute atomic E-state index is 0.138. The number of hydrazone groups is 1. The third-order valence-corrected chi connectivity index (χ3v) is 4.15. The van der Waals surface area contributed by atoms with Crippen LogP contribution in [0.3, 0.4) is 0 Å². The number of nitrogens with zero attached hydrogens (tertiary/aromatic N) is 1. The molecule has 0 aliphatic rings. The molecule has 1 N–H and O–H groups in total. The number of hydrogen-bond donors (Lipinski definition) is 1. The molecule has 3 rings (SSSR count). The summed E-state index contributed by atoms with van der Waals surface area (Å²) in [6, 6.07) is 18.8. The van der Waals surface area contributed by atoms with Crippen LogP contribution in [0.2, 0.25) is 0 Å². The van der Waals surface area contributed by atoms with E-state index in [1.54, 1.807) is 54.6 Å². The lowest BCUT2D eigenvalue weighted by atomic mass is 10.2. The van der Waals surface area contributed by atoms with Crippen molar-refractivity contribution in [2.24, 2.45) is 5.10 Å². The van der Waals surface area contributed by atoms with Gasteiger partial charge in [0, 0.05) is 5.56 Å². The molecule has 0 spiro atoms. The number of ether oxygens (including phenoxy) is 2. The van der Waals surface area contributed by atoms with E-state index in [0.717, 1.165) is 6.42 Å². The molecule has 3 aromatic carbocycles. The Balaban J connectivity index is 1.53. The summed E-state index contributed by atoms with van der Waals surface area (Å²) >= 11 is 0. The van der Waals surface area contributed by atoms with Gasteiger partial charge in [0.15, 0.2) is 0 Å². The maximum Gasteiger partial charge on any atom is 0.346 e. The van der Waals surface area contributed by atoms with Gasteiger partial charge < -0.3 is 9.47 Å². The zero-order valence-electron chi connectivity index (χ0n) is 16.9. The van der Waals surface area contributed by atoms with Gasteiger partial charge in [-0.05, 0) is 72.6 Å². The highest BCUT2D eigenvalue weighted by Crippen LogP contribution is 2.15. The van der Waals surface area contributed by atoms with Crippen LogP contribution in [0, 0.1) is 5.82 Å². The van der Waals surface area contributed by atoms with Crippen molar-refractivity contribution >= 4 is 18.1 Å². The summed E-state index contributed by atoms with van der Waals surface area (Å²) in [4.78, 5) is 24.2. The molecular weight excluding hydrogens is 399 g/mol. The highest BCUT2D eigenvalue weighted by Gasteiger charge is 2.13. The molecular formula is C24H21FN2O4. The normalized spacial score (nSPS) is 10.6. The Kier molecular flexibility index (Phi) is 7.48. The van der Waals surface area contributed by atoms with E-state index in [1.807, 2.05) is 6.92 Å². The standard InChI is InChI=1S/C24H21FN2O4/c1-2-15-30-19-13-9-18(10-14-19)23(28)27-26-16-17-7-11-20(12-8-17)31-24(29)21-5-3-4-6-22(21)25/h3-14,16H,2,15H2,1H3,(H,27,28). The summed E-state index contributed by atoms with van der Waals surface area (Å²) < 4.78 is 24.3. The second-order valence-electron chi connectivity index (χ2n) is 6.51. The van der Waals surface area contributed by atoms with Crippen LogP contribution in [-0.4, -0.2) is 24.7 Å². The van der Waals surface area contributed by atoms with Crippen molar-refractivity contribution in [3.63, 3.8) is 0 Å². The van der Waals surface area contributed by atoms with Crippen molar-refractivity contribution in [1.82, 2.24) is 5.43 Å². The maximum absolute atomic E-state index is 13.6. The lowest BCUT2D eigenvalue weighted by Crippen LogP contribution is -2.17. The molecule has 6 nitrogen and oxygen atoms in total. The number of esters is 1. The zero-order valence-corrected chi connectivity index (χ0v) is 16.9. The third kappa shape index (κ3) is 6.24. The smallest absolute Gasteiger partial charge is 0.346 e. The Morgan fingerprint density at radius 3 is 2.32 bits per heavy atom. The SMILES string of the molecule is CCCOc1ccc(C(=O)NN=Cc2ccc(OC(=O)c3ccccc3F)cc2)cc1. The number of halogens is 1. The first-order valence-corrected chi connectivity index (χ1v) is 9.70. The van der Waals surface area contributed by atoms with E-state index < -0.39 is 11.8 Å². The zero-order chi connectivity index (χ0) is 22.1. The van der Waals surface area contributed by atoms with Crippen LogP contribution in [0.15, 0.2) is 77.9 Å². The molecule has 0 saturated heterocycles. The molecule has 0 radical (unpaired) electrons. The number of carbonyl (C=O) groups excluding carboxylic acids is 2. The van der Waals surface area contributed by atoms with Crippen molar-refractivity contribution in [1.29, 1.82) is 0 Å². The molecule has 0 aliphatic carbocycles. The van der Waals surface area contributed by atoms with Crippen LogP contribution in [0.25, 0.3) is 0 Å². The molecule has 0 atom stereocenters. The fourth-order valence-electron chi connectivity index (χ4n) is 2.56. The van der Waals surface area contributed by atoms with Gasteiger partial charge in [0.1, 0.15) is 17.3 Å². The largest absolute Gasteiger partial charge is 0.494 e. The number of hydrogen-bond acceptors (Lipinski definition) is 5. The molecule has 3 aromatic rings. The second kappa shape index (κ2) is 10.7. The number of carbonyl (C=O) groups is 2. The van der Waals surface area contributed by atoms with Gasteiger partial charge in [-0.3, -0.25) is 4.79 Å². The lowest BCUT2D eigenvalue weighted by molar-refractivity contribution is 0.0729. The van der Waals surface area contributed by atoms with Crippen LogP contribution in [-0.2, 0) is 0 Å². The van der Waals surface area contributed by atoms with E-state index in [0.29, 0.717) is 23.5 Å². The Hall–Kier alpha value is -4.00. The molecule has 158 valence electrons. The second-order valence-corrected chi connectivity index (χ2v) is 6.51. The van der Waals surface area contributed by atoms with E-state index in [9.17, 15) is 14.0 Å². The monoisotopic (exact) mass is 420 g/mol. The summed E-state index contributed by atoms with van der Waals surface area (Å²) in [5.74, 6) is -0.806. The molecule has 0 unspecified atom stereocenters. The Morgan fingerprint density at radius 2 is 1.65 bits per heavy atom. The van der Waals surface area contributed by atoms with E-state index >= 15 is 0 Å². The lowest BCUT2D eigenvalue weighted by Gasteiger charge is -2.06. The van der Waals surface area contributed by atoms with Crippen molar-refractivity contribution in [2.45, 2.75) is 13.3 Å². The summed E-state index contributed by atoms with van der Waals surface area (Å²) in [5, 5.41) is 3.93. The Labute approximate surface area is 179 Å². The van der Waals surface area contributed by atoms with Crippen molar-refractivity contribution < 1.29 is 23.5 Å². The summed E-state index contributed by atoms with van der Waals surface area (Å²) in [6.07, 6.45) is 2.37. The highest BCUT2D eigenvalue weighted by molar-refractivity contribution is 5.95. The predicted octanol–water partition coefficient (Wildman–Crippen LogP) is 4.60. The number of amides is 1. The van der Waals surface area contributed by atoms with Gasteiger partial charge in [-0.25, -0.2) is 14.6 Å². The molecule has 0 fully saturated rings. The Bertz CT molecular complexity index is 1060. The van der Waals surface area contributed by atoms with Gasteiger partial charge in [-0.1, -0.05) is 19.1 Å². The van der Waals surface area contributed by atoms with E-state index in [1.165, 1.54) is 24.4 Å². The van der Waals surface area contributed by atoms with Gasteiger partial charge in [0.05, 0.1) is 18.4 Å². The summed E-state index contributed by atoms with van der Waals surface area (Å²) in [7, 11) is 0. The van der Waals surface area contributed by atoms with E-state index in [-0.39, 0.29) is 17.2 Å². The van der Waals surface area contributed by atoms with E-state index in [2.05, 4.69) is 10.5 Å². The Morgan fingerprint density at radius 1 is 0.968 bits per heavy atom. The minimum Gasteiger partial charge on any atom is -0.494 e. The molecule has 0 aromatic heterocycles. The molecule has 0 heterocycles. The summed E-state index contributed by atoms with van der Waals surface area (Å²) in [5.41, 5.74) is 3.44. The van der Waals surface area contributed by atoms with Gasteiger partial charge in [-0.15, -0.1) is 0 Å². The molecule has 7 heteroatoms. The van der Waals surface area contributed by atoms with E-state index in [4.69, 9.17) is 9.47 Å². The topological polar surface area (TPSA) is 77.0 Å². The number of benzene rings is 3. The molecule has 0 bridgehead atoms. The van der Waals surface area contributed by atoms with Crippen LogP contribution >= 0.6 is 0 Å². The van der Waals surface area contributed by atoms with Crippen LogP contribution in [0.4, 0.5) is 4.39 Å². The summed E-state index contributed by atoms with van der Waals surface area (Å²) in [6.45, 7) is 2.64. The van der Waals surface area contributed by atoms with Crippen LogP contribution < -0.4 is 14.9 Å². The number of rotatable bonds is 8. The third-order valence-electron chi connectivity index (χ3n) is 4.15. The first kappa shape index (κ1) is 21.7. The molecule has 0 aliphatic heterocycles. The first-order chi connectivity index (χ1) is 15.1. The van der Waals surface area contributed by atoms with Gasteiger partial charge in [0.2, 0.25) is 0 Å². The molecule has 1 amide bonds. The first-order valence-electron chi connectivity index (χ1n) is 9.70. The quantitative estimate of drug-likeness (QED) is 0.250. The van der Waals surface area contributed by atoms with Gasteiger partial charge in [-0.2, -0.15) is 5.10 Å². The van der Waals surface area contributed by atoms with Crippen molar-refractivity contribution in [2.75, 3.05) is 6.61 Å². The van der Waals surface area contributed by atoms with Crippen LogP contribution in [0.5, 0.6) is 11.5 Å². The van der Waals surface area contributed by atoms with Gasteiger partial charge in [0.25, 0.3) is 5.91 Å². The molecule has 0 saturated carbocycles. The minimum atomic E-state index is -0.780.